The third-order valence-electron chi connectivity index (χ3n) is 4.76. The number of benzene rings is 2. The van der Waals surface area contributed by atoms with Crippen LogP contribution in [0.5, 0.6) is 0 Å². The quantitative estimate of drug-likeness (QED) is 0.788. The molecule has 1 aliphatic rings. The minimum Gasteiger partial charge on any atom is -0.349 e. The Bertz CT molecular complexity index is 627. The molecule has 2 atom stereocenters. The topological polar surface area (TPSA) is 41.1 Å². The molecule has 0 spiro atoms. The predicted octanol–water partition coefficient (Wildman–Crippen LogP) is 3.90. The van der Waals surface area contributed by atoms with E-state index in [0.717, 1.165) is 31.5 Å². The van der Waals surface area contributed by atoms with E-state index < -0.39 is 0 Å². The van der Waals surface area contributed by atoms with Gasteiger partial charge in [-0.05, 0) is 49.4 Å². The van der Waals surface area contributed by atoms with Gasteiger partial charge in [0, 0.05) is 6.42 Å². The summed E-state index contributed by atoms with van der Waals surface area (Å²) in [7, 11) is 0. The molecule has 2 N–H and O–H groups in total. The zero-order valence-electron chi connectivity index (χ0n) is 14.5. The van der Waals surface area contributed by atoms with Crippen molar-refractivity contribution in [2.45, 2.75) is 31.7 Å². The molecule has 1 heterocycles. The van der Waals surface area contributed by atoms with E-state index in [-0.39, 0.29) is 24.4 Å². The van der Waals surface area contributed by atoms with Crippen molar-refractivity contribution >= 4 is 18.3 Å². The number of carbonyl (C=O) groups is 1. The van der Waals surface area contributed by atoms with Gasteiger partial charge in [0.2, 0.25) is 5.91 Å². The van der Waals surface area contributed by atoms with Gasteiger partial charge >= 0.3 is 0 Å². The summed E-state index contributed by atoms with van der Waals surface area (Å²) >= 11 is 0. The normalized spacial score (nSPS) is 17.5. The maximum atomic E-state index is 12.4. The Kier molecular flexibility index (Phi) is 7.96. The van der Waals surface area contributed by atoms with E-state index in [9.17, 15) is 4.79 Å². The molecule has 1 aliphatic heterocycles. The second kappa shape index (κ2) is 10.2. The van der Waals surface area contributed by atoms with Gasteiger partial charge in [-0.2, -0.15) is 0 Å². The maximum Gasteiger partial charge on any atom is 0.220 e. The van der Waals surface area contributed by atoms with Crippen molar-refractivity contribution in [1.29, 1.82) is 0 Å². The van der Waals surface area contributed by atoms with E-state index in [1.54, 1.807) is 0 Å². The summed E-state index contributed by atoms with van der Waals surface area (Å²) in [4.78, 5) is 12.4. The van der Waals surface area contributed by atoms with Gasteiger partial charge in [0.1, 0.15) is 0 Å². The van der Waals surface area contributed by atoms with Crippen LogP contribution in [0.15, 0.2) is 60.7 Å². The van der Waals surface area contributed by atoms with Gasteiger partial charge in [0.15, 0.2) is 0 Å². The highest BCUT2D eigenvalue weighted by Gasteiger charge is 2.18. The summed E-state index contributed by atoms with van der Waals surface area (Å²) in [5.74, 6) is 0.812. The first kappa shape index (κ1) is 19.5. The molecule has 0 aliphatic carbocycles. The highest BCUT2D eigenvalue weighted by molar-refractivity contribution is 5.85. The third kappa shape index (κ3) is 6.18. The lowest BCUT2D eigenvalue weighted by Crippen LogP contribution is -2.30. The van der Waals surface area contributed by atoms with Gasteiger partial charge in [-0.3, -0.25) is 4.79 Å². The summed E-state index contributed by atoms with van der Waals surface area (Å²) in [6.07, 6.45) is 3.61. The minimum atomic E-state index is 0. The largest absolute Gasteiger partial charge is 0.349 e. The van der Waals surface area contributed by atoms with E-state index in [2.05, 4.69) is 34.9 Å². The Morgan fingerprint density at radius 1 is 1.08 bits per heavy atom. The summed E-state index contributed by atoms with van der Waals surface area (Å²) in [6, 6.07) is 20.6. The van der Waals surface area contributed by atoms with E-state index in [1.165, 1.54) is 12.0 Å². The monoisotopic (exact) mass is 358 g/mol. The van der Waals surface area contributed by atoms with Crippen molar-refractivity contribution < 1.29 is 4.79 Å². The summed E-state index contributed by atoms with van der Waals surface area (Å²) in [6.45, 7) is 2.15. The highest BCUT2D eigenvalue weighted by atomic mass is 35.5. The predicted molar refractivity (Wildman–Crippen MR) is 105 cm³/mol. The fourth-order valence-corrected chi connectivity index (χ4v) is 3.35. The number of hydrogen-bond acceptors (Lipinski definition) is 2. The second-order valence-corrected chi connectivity index (χ2v) is 6.62. The van der Waals surface area contributed by atoms with Crippen LogP contribution in [-0.4, -0.2) is 19.0 Å². The first-order valence-electron chi connectivity index (χ1n) is 8.90. The zero-order chi connectivity index (χ0) is 16.6. The Labute approximate surface area is 156 Å². The summed E-state index contributed by atoms with van der Waals surface area (Å²) in [5, 5.41) is 6.61. The molecule has 0 bridgehead atoms. The molecule has 1 saturated heterocycles. The van der Waals surface area contributed by atoms with Crippen molar-refractivity contribution in [3.8, 4) is 0 Å². The van der Waals surface area contributed by atoms with Crippen molar-refractivity contribution in [3.05, 3.63) is 71.8 Å². The summed E-state index contributed by atoms with van der Waals surface area (Å²) in [5.41, 5.74) is 2.41. The van der Waals surface area contributed by atoms with Crippen LogP contribution in [0.3, 0.4) is 0 Å². The van der Waals surface area contributed by atoms with E-state index >= 15 is 0 Å². The number of nitrogens with one attached hydrogen (secondary N) is 2. The maximum absolute atomic E-state index is 12.4. The van der Waals surface area contributed by atoms with E-state index in [4.69, 9.17) is 0 Å². The average molecular weight is 359 g/mol. The fraction of sp³-hybridized carbons (Fsp3) is 0.381. The second-order valence-electron chi connectivity index (χ2n) is 6.62. The Morgan fingerprint density at radius 2 is 1.76 bits per heavy atom. The van der Waals surface area contributed by atoms with Crippen LogP contribution in [0.25, 0.3) is 0 Å². The summed E-state index contributed by atoms with van der Waals surface area (Å²) < 4.78 is 0. The van der Waals surface area contributed by atoms with Crippen LogP contribution in [0.4, 0.5) is 0 Å². The molecule has 3 nitrogen and oxygen atoms in total. The molecule has 1 amide bonds. The van der Waals surface area contributed by atoms with Gasteiger partial charge in [-0.25, -0.2) is 0 Å². The van der Waals surface area contributed by atoms with Crippen molar-refractivity contribution in [3.63, 3.8) is 0 Å². The molecular weight excluding hydrogens is 332 g/mol. The molecule has 134 valence electrons. The van der Waals surface area contributed by atoms with E-state index in [1.807, 2.05) is 36.4 Å². The molecule has 4 heteroatoms. The van der Waals surface area contributed by atoms with Gasteiger partial charge in [-0.15, -0.1) is 12.4 Å². The number of rotatable bonds is 7. The Balaban J connectivity index is 0.00000225. The molecular formula is C21H27ClN2O. The zero-order valence-corrected chi connectivity index (χ0v) is 15.3. The van der Waals surface area contributed by atoms with Gasteiger partial charge in [0.05, 0.1) is 6.04 Å². The number of carbonyl (C=O) groups excluding carboxylic acids is 1. The molecule has 2 unspecified atom stereocenters. The van der Waals surface area contributed by atoms with Crippen LogP contribution in [0.2, 0.25) is 0 Å². The van der Waals surface area contributed by atoms with Crippen molar-refractivity contribution in [2.24, 2.45) is 5.92 Å². The highest BCUT2D eigenvalue weighted by Crippen LogP contribution is 2.20. The van der Waals surface area contributed by atoms with Crippen LogP contribution in [0.1, 0.15) is 36.4 Å². The van der Waals surface area contributed by atoms with Crippen LogP contribution < -0.4 is 10.6 Å². The van der Waals surface area contributed by atoms with Crippen molar-refractivity contribution in [1.82, 2.24) is 10.6 Å². The molecule has 0 radical (unpaired) electrons. The fourth-order valence-electron chi connectivity index (χ4n) is 3.35. The van der Waals surface area contributed by atoms with Crippen molar-refractivity contribution in [2.75, 3.05) is 13.1 Å². The number of halogens is 1. The Morgan fingerprint density at radius 3 is 2.40 bits per heavy atom. The number of hydrogen-bond donors (Lipinski definition) is 2. The third-order valence-corrected chi connectivity index (χ3v) is 4.76. The standard InChI is InChI=1S/C21H26N2O.ClH/c24-21(12-11-18-13-14-22-16-18)23-20(19-9-5-2-6-10-19)15-17-7-3-1-4-8-17;/h1-10,18,20,22H,11-16H2,(H,23,24);1H. The minimum absolute atomic E-state index is 0. The van der Waals surface area contributed by atoms with Gasteiger partial charge in [-0.1, -0.05) is 60.7 Å². The SMILES string of the molecule is Cl.O=C(CCC1CCNC1)NC(Cc1ccccc1)c1ccccc1. The molecule has 1 fully saturated rings. The van der Waals surface area contributed by atoms with Crippen LogP contribution in [-0.2, 0) is 11.2 Å². The average Bonchev–Trinajstić information content (AvgIpc) is 3.15. The van der Waals surface area contributed by atoms with Crippen LogP contribution >= 0.6 is 12.4 Å². The Hall–Kier alpha value is -1.84. The molecule has 25 heavy (non-hydrogen) atoms. The molecule has 0 aromatic heterocycles. The first-order valence-corrected chi connectivity index (χ1v) is 8.90. The number of amides is 1. The van der Waals surface area contributed by atoms with Gasteiger partial charge in [0.25, 0.3) is 0 Å². The molecule has 2 aromatic rings. The van der Waals surface area contributed by atoms with Gasteiger partial charge < -0.3 is 10.6 Å². The van der Waals surface area contributed by atoms with Crippen LogP contribution in [0, 0.1) is 5.92 Å². The lowest BCUT2D eigenvalue weighted by atomic mass is 9.98. The lowest BCUT2D eigenvalue weighted by Gasteiger charge is -2.20. The van der Waals surface area contributed by atoms with E-state index in [0.29, 0.717) is 12.3 Å². The smallest absolute Gasteiger partial charge is 0.220 e. The molecule has 3 rings (SSSR count). The first-order chi connectivity index (χ1) is 11.8. The molecule has 0 saturated carbocycles. The lowest BCUT2D eigenvalue weighted by molar-refractivity contribution is -0.122. The molecule has 2 aromatic carbocycles.